The Hall–Kier alpha value is -2.66. The van der Waals surface area contributed by atoms with Crippen molar-refractivity contribution in [2.75, 3.05) is 13.1 Å². The molecule has 2 aromatic rings. The fourth-order valence-electron chi connectivity index (χ4n) is 5.43. The fourth-order valence-corrected chi connectivity index (χ4v) is 5.43. The molecule has 2 aliphatic heterocycles. The number of piperidine rings is 1. The van der Waals surface area contributed by atoms with Gasteiger partial charge in [0.15, 0.2) is 0 Å². The van der Waals surface area contributed by atoms with Crippen LogP contribution in [-0.4, -0.2) is 41.5 Å². The molecule has 5 heteroatoms. The number of carbonyl (C=O) groups excluding carboxylic acids is 2. The van der Waals surface area contributed by atoms with Crippen molar-refractivity contribution in [3.8, 4) is 0 Å². The molecule has 5 rings (SSSR count). The molecule has 5 nitrogen and oxygen atoms in total. The number of hydrogen-bond acceptors (Lipinski definition) is 3. The fraction of sp³-hybridized carbons (Fsp3) is 0.417. The van der Waals surface area contributed by atoms with E-state index < -0.39 is 5.54 Å². The second-order valence-corrected chi connectivity index (χ2v) is 8.59. The van der Waals surface area contributed by atoms with Crippen LogP contribution < -0.4 is 10.6 Å². The van der Waals surface area contributed by atoms with Gasteiger partial charge in [-0.25, -0.2) is 4.79 Å². The molecule has 0 saturated carbocycles. The van der Waals surface area contributed by atoms with Crippen LogP contribution in [0.4, 0.5) is 4.79 Å². The zero-order valence-electron chi connectivity index (χ0n) is 16.6. The van der Waals surface area contributed by atoms with Gasteiger partial charge in [0.05, 0.1) is 0 Å². The lowest BCUT2D eigenvalue weighted by Gasteiger charge is -2.38. The highest BCUT2D eigenvalue weighted by molar-refractivity contribution is 6.08. The van der Waals surface area contributed by atoms with Crippen LogP contribution in [0.2, 0.25) is 0 Å². The van der Waals surface area contributed by atoms with Gasteiger partial charge in [-0.05, 0) is 61.4 Å². The summed E-state index contributed by atoms with van der Waals surface area (Å²) in [5.74, 6) is 0.116. The summed E-state index contributed by atoms with van der Waals surface area (Å²) in [4.78, 5) is 28.6. The SMILES string of the molecule is O=C1NC(Cc2ccccc2)(C2CCNCC2)C(=O)N1C1Cc2ccccc2C1. The van der Waals surface area contributed by atoms with Gasteiger partial charge in [-0.1, -0.05) is 54.6 Å². The Kier molecular flexibility index (Phi) is 4.63. The molecule has 29 heavy (non-hydrogen) atoms. The van der Waals surface area contributed by atoms with E-state index in [1.54, 1.807) is 4.90 Å². The van der Waals surface area contributed by atoms with E-state index in [2.05, 4.69) is 34.9 Å². The van der Waals surface area contributed by atoms with Gasteiger partial charge < -0.3 is 10.6 Å². The third-order valence-electron chi connectivity index (χ3n) is 6.91. The minimum absolute atomic E-state index is 0.0314. The van der Waals surface area contributed by atoms with Crippen LogP contribution in [0.25, 0.3) is 0 Å². The number of nitrogens with one attached hydrogen (secondary N) is 2. The van der Waals surface area contributed by atoms with Crippen molar-refractivity contribution < 1.29 is 9.59 Å². The van der Waals surface area contributed by atoms with E-state index in [0.717, 1.165) is 44.3 Å². The summed E-state index contributed by atoms with van der Waals surface area (Å²) < 4.78 is 0. The zero-order chi connectivity index (χ0) is 19.8. The number of benzene rings is 2. The summed E-state index contributed by atoms with van der Waals surface area (Å²) in [6, 6.07) is 18.1. The first-order chi connectivity index (χ1) is 14.2. The number of urea groups is 1. The van der Waals surface area contributed by atoms with Gasteiger partial charge in [0.2, 0.25) is 0 Å². The summed E-state index contributed by atoms with van der Waals surface area (Å²) >= 11 is 0. The Morgan fingerprint density at radius 1 is 0.897 bits per heavy atom. The maximum atomic E-state index is 13.9. The quantitative estimate of drug-likeness (QED) is 0.791. The van der Waals surface area contributed by atoms with E-state index in [1.807, 2.05) is 30.3 Å². The van der Waals surface area contributed by atoms with Crippen LogP contribution in [0.3, 0.4) is 0 Å². The molecular weight excluding hydrogens is 362 g/mol. The van der Waals surface area contributed by atoms with Crippen LogP contribution >= 0.6 is 0 Å². The summed E-state index contributed by atoms with van der Waals surface area (Å²) in [7, 11) is 0. The Labute approximate surface area is 171 Å². The highest BCUT2D eigenvalue weighted by Gasteiger charge is 2.57. The lowest BCUT2D eigenvalue weighted by molar-refractivity contribution is -0.135. The standard InChI is InChI=1S/C24H27N3O2/c28-22-24(20-10-12-25-13-11-20,16-17-6-2-1-3-7-17)26-23(29)27(22)21-14-18-8-4-5-9-19(18)15-21/h1-9,20-21,25H,10-16H2,(H,26,29). The second kappa shape index (κ2) is 7.30. The molecule has 150 valence electrons. The molecule has 2 aromatic carbocycles. The predicted molar refractivity (Wildman–Crippen MR) is 111 cm³/mol. The van der Waals surface area contributed by atoms with Crippen LogP contribution in [-0.2, 0) is 24.1 Å². The largest absolute Gasteiger partial charge is 0.325 e. The number of rotatable bonds is 4. The molecule has 0 bridgehead atoms. The minimum Gasteiger partial charge on any atom is -0.322 e. The molecule has 0 aromatic heterocycles. The van der Waals surface area contributed by atoms with Crippen molar-refractivity contribution in [2.45, 2.75) is 43.7 Å². The van der Waals surface area contributed by atoms with E-state index >= 15 is 0 Å². The third-order valence-corrected chi connectivity index (χ3v) is 6.91. The number of fused-ring (bicyclic) bond motifs is 1. The molecule has 1 aliphatic carbocycles. The monoisotopic (exact) mass is 389 g/mol. The average Bonchev–Trinajstić information content (AvgIpc) is 3.28. The molecule has 0 radical (unpaired) electrons. The van der Waals surface area contributed by atoms with Crippen molar-refractivity contribution in [3.63, 3.8) is 0 Å². The molecule has 2 heterocycles. The Morgan fingerprint density at radius 3 is 2.17 bits per heavy atom. The van der Waals surface area contributed by atoms with Gasteiger partial charge in [-0.15, -0.1) is 0 Å². The molecule has 1 atom stereocenters. The first-order valence-corrected chi connectivity index (χ1v) is 10.6. The second-order valence-electron chi connectivity index (χ2n) is 8.59. The molecule has 3 aliphatic rings. The van der Waals surface area contributed by atoms with E-state index in [-0.39, 0.29) is 23.9 Å². The van der Waals surface area contributed by atoms with Crippen molar-refractivity contribution in [3.05, 3.63) is 71.3 Å². The van der Waals surface area contributed by atoms with Crippen LogP contribution in [0.15, 0.2) is 54.6 Å². The number of imide groups is 1. The van der Waals surface area contributed by atoms with Crippen LogP contribution in [0.1, 0.15) is 29.5 Å². The Balaban J connectivity index is 1.47. The normalized spacial score (nSPS) is 25.3. The molecule has 2 saturated heterocycles. The summed E-state index contributed by atoms with van der Waals surface area (Å²) in [6.07, 6.45) is 3.86. The van der Waals surface area contributed by atoms with Crippen molar-refractivity contribution >= 4 is 11.9 Å². The zero-order valence-corrected chi connectivity index (χ0v) is 16.6. The number of amides is 3. The number of nitrogens with zero attached hydrogens (tertiary/aromatic N) is 1. The molecule has 0 spiro atoms. The van der Waals surface area contributed by atoms with Crippen LogP contribution in [0.5, 0.6) is 0 Å². The Bertz CT molecular complexity index is 898. The molecule has 2 N–H and O–H groups in total. The van der Waals surface area contributed by atoms with Gasteiger partial charge in [0.1, 0.15) is 5.54 Å². The maximum absolute atomic E-state index is 13.9. The number of hydrogen-bond donors (Lipinski definition) is 2. The van der Waals surface area contributed by atoms with E-state index in [4.69, 9.17) is 0 Å². The number of carbonyl (C=O) groups is 2. The van der Waals surface area contributed by atoms with Gasteiger partial charge >= 0.3 is 6.03 Å². The highest BCUT2D eigenvalue weighted by Crippen LogP contribution is 2.38. The van der Waals surface area contributed by atoms with Gasteiger partial charge in [-0.3, -0.25) is 9.69 Å². The Morgan fingerprint density at radius 2 is 1.52 bits per heavy atom. The molecular formula is C24H27N3O2. The van der Waals surface area contributed by atoms with E-state index in [1.165, 1.54) is 11.1 Å². The first kappa shape index (κ1) is 18.4. The van der Waals surface area contributed by atoms with Crippen molar-refractivity contribution in [1.82, 2.24) is 15.5 Å². The van der Waals surface area contributed by atoms with E-state index in [9.17, 15) is 9.59 Å². The summed E-state index contributed by atoms with van der Waals surface area (Å²) in [6.45, 7) is 1.78. The lowest BCUT2D eigenvalue weighted by atomic mass is 9.74. The first-order valence-electron chi connectivity index (χ1n) is 10.6. The van der Waals surface area contributed by atoms with Gasteiger partial charge in [-0.2, -0.15) is 0 Å². The molecule has 3 amide bonds. The maximum Gasteiger partial charge on any atom is 0.325 e. The van der Waals surface area contributed by atoms with Crippen molar-refractivity contribution in [1.29, 1.82) is 0 Å². The summed E-state index contributed by atoms with van der Waals surface area (Å²) in [5.41, 5.74) is 2.76. The topological polar surface area (TPSA) is 61.4 Å². The molecule has 1 unspecified atom stereocenters. The van der Waals surface area contributed by atoms with Crippen LogP contribution in [0, 0.1) is 5.92 Å². The molecule has 2 fully saturated rings. The van der Waals surface area contributed by atoms with Crippen molar-refractivity contribution in [2.24, 2.45) is 5.92 Å². The van der Waals surface area contributed by atoms with Gasteiger partial charge in [0.25, 0.3) is 5.91 Å². The van der Waals surface area contributed by atoms with Gasteiger partial charge in [0, 0.05) is 12.5 Å². The predicted octanol–water partition coefficient (Wildman–Crippen LogP) is 2.69. The highest BCUT2D eigenvalue weighted by atomic mass is 16.2. The summed E-state index contributed by atoms with van der Waals surface area (Å²) in [5, 5.41) is 6.58. The third kappa shape index (κ3) is 3.14. The lowest BCUT2D eigenvalue weighted by Crippen LogP contribution is -2.57. The minimum atomic E-state index is -0.838. The van der Waals surface area contributed by atoms with E-state index in [0.29, 0.717) is 6.42 Å². The average molecular weight is 389 g/mol. The smallest absolute Gasteiger partial charge is 0.322 e.